The van der Waals surface area contributed by atoms with Crippen LogP contribution in [0.3, 0.4) is 0 Å². The van der Waals surface area contributed by atoms with Crippen LogP contribution in [0.25, 0.3) is 0 Å². The standard InChI is InChI=1S/C14H18BrClN4O/c1-9-3-4-10(12(16)7-9)13(19-17)14-11(15)8-18-20(14)5-6-21-2/h3-4,7-8,13,19H,5-6,17H2,1-2H3. The van der Waals surface area contributed by atoms with Gasteiger partial charge in [-0.25, -0.2) is 5.43 Å². The van der Waals surface area contributed by atoms with E-state index in [0.29, 0.717) is 18.2 Å². The molecule has 7 heteroatoms. The lowest BCUT2D eigenvalue weighted by Crippen LogP contribution is -2.31. The molecule has 0 fully saturated rings. The van der Waals surface area contributed by atoms with Gasteiger partial charge in [0.15, 0.2) is 0 Å². The van der Waals surface area contributed by atoms with Crippen LogP contribution in [0, 0.1) is 6.92 Å². The molecule has 1 heterocycles. The summed E-state index contributed by atoms with van der Waals surface area (Å²) in [7, 11) is 1.66. The van der Waals surface area contributed by atoms with Crippen LogP contribution in [-0.2, 0) is 11.3 Å². The van der Waals surface area contributed by atoms with Crippen molar-refractivity contribution in [3.05, 3.63) is 50.7 Å². The van der Waals surface area contributed by atoms with Crippen molar-refractivity contribution in [3.8, 4) is 0 Å². The second-order valence-electron chi connectivity index (χ2n) is 4.72. The summed E-state index contributed by atoms with van der Waals surface area (Å²) in [6, 6.07) is 5.65. The van der Waals surface area contributed by atoms with E-state index in [9.17, 15) is 0 Å². The van der Waals surface area contributed by atoms with Gasteiger partial charge in [-0.15, -0.1) is 0 Å². The molecule has 2 rings (SSSR count). The van der Waals surface area contributed by atoms with E-state index in [0.717, 1.165) is 21.3 Å². The summed E-state index contributed by atoms with van der Waals surface area (Å²) < 4.78 is 7.84. The molecule has 0 amide bonds. The number of hydrogen-bond donors (Lipinski definition) is 2. The lowest BCUT2D eigenvalue weighted by Gasteiger charge is -2.20. The maximum absolute atomic E-state index is 6.36. The van der Waals surface area contributed by atoms with Gasteiger partial charge in [0.05, 0.1) is 35.6 Å². The minimum absolute atomic E-state index is 0.258. The minimum Gasteiger partial charge on any atom is -0.383 e. The van der Waals surface area contributed by atoms with Crippen LogP contribution in [0.5, 0.6) is 0 Å². The Morgan fingerprint density at radius 3 is 2.90 bits per heavy atom. The van der Waals surface area contributed by atoms with Gasteiger partial charge >= 0.3 is 0 Å². The third-order valence-electron chi connectivity index (χ3n) is 3.25. The molecule has 21 heavy (non-hydrogen) atoms. The third-order valence-corrected chi connectivity index (χ3v) is 4.19. The molecule has 2 aromatic rings. The molecule has 1 unspecified atom stereocenters. The summed E-state index contributed by atoms with van der Waals surface area (Å²) in [5, 5.41) is 5.02. The Morgan fingerprint density at radius 1 is 1.52 bits per heavy atom. The molecule has 1 aromatic carbocycles. The van der Waals surface area contributed by atoms with Crippen molar-refractivity contribution in [2.45, 2.75) is 19.5 Å². The fourth-order valence-electron chi connectivity index (χ4n) is 2.20. The Labute approximate surface area is 137 Å². The fourth-order valence-corrected chi connectivity index (χ4v) is 3.07. The van der Waals surface area contributed by atoms with Crippen LogP contribution in [0.1, 0.15) is 22.9 Å². The Hall–Kier alpha value is -0.920. The van der Waals surface area contributed by atoms with Gasteiger partial charge in [-0.05, 0) is 40.0 Å². The number of aromatic nitrogens is 2. The quantitative estimate of drug-likeness (QED) is 0.604. The van der Waals surface area contributed by atoms with Gasteiger partial charge in [-0.1, -0.05) is 23.7 Å². The summed E-state index contributed by atoms with van der Waals surface area (Å²) in [4.78, 5) is 0. The van der Waals surface area contributed by atoms with E-state index in [4.69, 9.17) is 22.2 Å². The molecule has 0 spiro atoms. The number of nitrogens with two attached hydrogens (primary N) is 1. The second-order valence-corrected chi connectivity index (χ2v) is 5.98. The van der Waals surface area contributed by atoms with Gasteiger partial charge < -0.3 is 4.74 Å². The monoisotopic (exact) mass is 372 g/mol. The molecule has 3 N–H and O–H groups in total. The molecule has 0 aliphatic rings. The molecule has 1 atom stereocenters. The average Bonchev–Trinajstić information content (AvgIpc) is 2.81. The lowest BCUT2D eigenvalue weighted by atomic mass is 10.0. The SMILES string of the molecule is COCCn1ncc(Br)c1C(NN)c1ccc(C)cc1Cl. The Balaban J connectivity index is 2.43. The number of nitrogens with one attached hydrogen (secondary N) is 1. The van der Waals surface area contributed by atoms with Crippen molar-refractivity contribution in [1.29, 1.82) is 0 Å². The Kier molecular flexibility index (Phi) is 5.78. The van der Waals surface area contributed by atoms with E-state index in [2.05, 4.69) is 26.5 Å². The fraction of sp³-hybridized carbons (Fsp3) is 0.357. The van der Waals surface area contributed by atoms with Crippen molar-refractivity contribution in [2.75, 3.05) is 13.7 Å². The Morgan fingerprint density at radius 2 is 2.29 bits per heavy atom. The van der Waals surface area contributed by atoms with Crippen molar-refractivity contribution < 1.29 is 4.74 Å². The van der Waals surface area contributed by atoms with E-state index in [1.54, 1.807) is 13.3 Å². The predicted octanol–water partition coefficient (Wildman–Crippen LogP) is 2.81. The number of nitrogens with zero attached hydrogens (tertiary/aromatic N) is 2. The molecule has 0 bridgehead atoms. The highest BCUT2D eigenvalue weighted by molar-refractivity contribution is 9.10. The van der Waals surface area contributed by atoms with Crippen molar-refractivity contribution in [1.82, 2.24) is 15.2 Å². The molecule has 5 nitrogen and oxygen atoms in total. The summed E-state index contributed by atoms with van der Waals surface area (Å²) in [6.07, 6.45) is 1.75. The summed E-state index contributed by atoms with van der Waals surface area (Å²) in [5.41, 5.74) is 5.75. The summed E-state index contributed by atoms with van der Waals surface area (Å²) in [6.45, 7) is 3.21. The van der Waals surface area contributed by atoms with Crippen LogP contribution < -0.4 is 11.3 Å². The molecular weight excluding hydrogens is 356 g/mol. The highest BCUT2D eigenvalue weighted by Crippen LogP contribution is 2.32. The zero-order valence-electron chi connectivity index (χ0n) is 11.9. The molecule has 0 aliphatic carbocycles. The lowest BCUT2D eigenvalue weighted by molar-refractivity contribution is 0.182. The smallest absolute Gasteiger partial charge is 0.0904 e. The Bertz CT molecular complexity index is 617. The molecule has 0 aliphatic heterocycles. The molecule has 0 saturated heterocycles. The van der Waals surface area contributed by atoms with E-state index in [-0.39, 0.29) is 6.04 Å². The van der Waals surface area contributed by atoms with Gasteiger partial charge in [0.1, 0.15) is 0 Å². The summed E-state index contributed by atoms with van der Waals surface area (Å²) in [5.74, 6) is 5.77. The maximum atomic E-state index is 6.36. The number of hydrogen-bond acceptors (Lipinski definition) is 4. The van der Waals surface area contributed by atoms with Crippen LogP contribution in [0.4, 0.5) is 0 Å². The van der Waals surface area contributed by atoms with Crippen LogP contribution in [0.15, 0.2) is 28.9 Å². The van der Waals surface area contributed by atoms with E-state index in [1.807, 2.05) is 29.8 Å². The molecule has 0 saturated carbocycles. The zero-order valence-corrected chi connectivity index (χ0v) is 14.3. The first-order valence-electron chi connectivity index (χ1n) is 6.50. The van der Waals surface area contributed by atoms with Crippen LogP contribution in [0.2, 0.25) is 5.02 Å². The van der Waals surface area contributed by atoms with E-state index >= 15 is 0 Å². The first-order valence-corrected chi connectivity index (χ1v) is 7.68. The average molecular weight is 374 g/mol. The zero-order chi connectivity index (χ0) is 15.4. The van der Waals surface area contributed by atoms with Gasteiger partial charge in [0.25, 0.3) is 0 Å². The summed E-state index contributed by atoms with van der Waals surface area (Å²) >= 11 is 9.89. The molecule has 0 radical (unpaired) electrons. The van der Waals surface area contributed by atoms with E-state index < -0.39 is 0 Å². The number of benzene rings is 1. The number of halogens is 2. The molecule has 1 aromatic heterocycles. The van der Waals surface area contributed by atoms with Gasteiger partial charge in [-0.2, -0.15) is 5.10 Å². The topological polar surface area (TPSA) is 65.1 Å². The largest absolute Gasteiger partial charge is 0.383 e. The van der Waals surface area contributed by atoms with Gasteiger partial charge in [-0.3, -0.25) is 10.5 Å². The van der Waals surface area contributed by atoms with E-state index in [1.165, 1.54) is 0 Å². The normalized spacial score (nSPS) is 12.6. The third kappa shape index (κ3) is 3.64. The maximum Gasteiger partial charge on any atom is 0.0904 e. The minimum atomic E-state index is -0.258. The second kappa shape index (κ2) is 7.38. The highest BCUT2D eigenvalue weighted by Gasteiger charge is 2.22. The van der Waals surface area contributed by atoms with Crippen LogP contribution in [-0.4, -0.2) is 23.5 Å². The molecule has 114 valence electrons. The first-order chi connectivity index (χ1) is 10.1. The van der Waals surface area contributed by atoms with Crippen molar-refractivity contribution in [2.24, 2.45) is 5.84 Å². The molecular formula is C14H18BrClN4O. The highest BCUT2D eigenvalue weighted by atomic mass is 79.9. The van der Waals surface area contributed by atoms with Gasteiger partial charge in [0.2, 0.25) is 0 Å². The number of rotatable bonds is 6. The van der Waals surface area contributed by atoms with Gasteiger partial charge in [0, 0.05) is 12.1 Å². The van der Waals surface area contributed by atoms with Crippen molar-refractivity contribution in [3.63, 3.8) is 0 Å². The number of hydrazine groups is 1. The number of aryl methyl sites for hydroxylation is 1. The number of ether oxygens (including phenoxy) is 1. The van der Waals surface area contributed by atoms with Crippen molar-refractivity contribution >= 4 is 27.5 Å². The predicted molar refractivity (Wildman–Crippen MR) is 87.2 cm³/mol. The van der Waals surface area contributed by atoms with Crippen LogP contribution >= 0.6 is 27.5 Å². The number of methoxy groups -OCH3 is 1. The first kappa shape index (κ1) is 16.5.